The van der Waals surface area contributed by atoms with Gasteiger partial charge in [0.15, 0.2) is 0 Å². The molecule has 1 heterocycles. The topological polar surface area (TPSA) is 41.1 Å². The number of aryl methyl sites for hydroxylation is 1. The van der Waals surface area contributed by atoms with Crippen LogP contribution >= 0.6 is 0 Å². The lowest BCUT2D eigenvalue weighted by Gasteiger charge is -2.30. The fraction of sp³-hybridized carbons (Fsp3) is 0.500. The molecule has 18 heavy (non-hydrogen) atoms. The molecule has 1 amide bonds. The number of amides is 1. The van der Waals surface area contributed by atoms with Gasteiger partial charge in [-0.3, -0.25) is 4.79 Å². The first-order valence-electron chi connectivity index (χ1n) is 6.35. The lowest BCUT2D eigenvalue weighted by atomic mass is 9.94. The summed E-state index contributed by atoms with van der Waals surface area (Å²) in [5.74, 6) is 0.00832. The minimum atomic E-state index is -0.306. The van der Waals surface area contributed by atoms with Crippen molar-refractivity contribution in [3.05, 3.63) is 35.1 Å². The van der Waals surface area contributed by atoms with Gasteiger partial charge in [0.25, 0.3) is 5.91 Å². The van der Waals surface area contributed by atoms with E-state index in [0.29, 0.717) is 17.0 Å². The predicted molar refractivity (Wildman–Crippen MR) is 69.0 cm³/mol. The highest BCUT2D eigenvalue weighted by Crippen LogP contribution is 2.14. The van der Waals surface area contributed by atoms with Gasteiger partial charge in [-0.25, -0.2) is 4.39 Å². The summed E-state index contributed by atoms with van der Waals surface area (Å²) in [5.41, 5.74) is 1.23. The normalized spacial score (nSPS) is 23.7. The number of piperidine rings is 1. The van der Waals surface area contributed by atoms with E-state index in [0.717, 1.165) is 19.5 Å². The third-order valence-corrected chi connectivity index (χ3v) is 3.53. The Bertz CT molecular complexity index is 447. The SMILES string of the molecule is Cc1cc(F)ccc1C(=O)NC1CCNCC1C. The fourth-order valence-corrected chi connectivity index (χ4v) is 2.36. The summed E-state index contributed by atoms with van der Waals surface area (Å²) in [6.45, 7) is 5.73. The molecule has 1 fully saturated rings. The average Bonchev–Trinajstić information content (AvgIpc) is 2.32. The van der Waals surface area contributed by atoms with Crippen LogP contribution in [0.1, 0.15) is 29.3 Å². The summed E-state index contributed by atoms with van der Waals surface area (Å²) in [7, 11) is 0. The molecule has 0 bridgehead atoms. The van der Waals surface area contributed by atoms with E-state index in [1.165, 1.54) is 12.1 Å². The standard InChI is InChI=1S/C14H19FN2O/c1-9-7-11(15)3-4-12(9)14(18)17-13-5-6-16-8-10(13)2/h3-4,7,10,13,16H,5-6,8H2,1-2H3,(H,17,18). The maximum absolute atomic E-state index is 13.0. The number of benzene rings is 1. The Morgan fingerprint density at radius 2 is 2.28 bits per heavy atom. The Hall–Kier alpha value is -1.42. The number of hydrogen-bond acceptors (Lipinski definition) is 2. The van der Waals surface area contributed by atoms with Crippen molar-refractivity contribution in [2.24, 2.45) is 5.92 Å². The van der Waals surface area contributed by atoms with Gasteiger partial charge in [-0.2, -0.15) is 0 Å². The monoisotopic (exact) mass is 250 g/mol. The minimum absolute atomic E-state index is 0.105. The van der Waals surface area contributed by atoms with Gasteiger partial charge < -0.3 is 10.6 Å². The van der Waals surface area contributed by atoms with Crippen molar-refractivity contribution < 1.29 is 9.18 Å². The van der Waals surface area contributed by atoms with Crippen molar-refractivity contribution in [2.75, 3.05) is 13.1 Å². The summed E-state index contributed by atoms with van der Waals surface area (Å²) in [5, 5.41) is 6.34. The van der Waals surface area contributed by atoms with E-state index in [1.54, 1.807) is 13.0 Å². The number of halogens is 1. The zero-order chi connectivity index (χ0) is 13.1. The molecule has 1 aliphatic heterocycles. The second-order valence-corrected chi connectivity index (χ2v) is 5.01. The molecule has 0 aromatic heterocycles. The molecular formula is C14H19FN2O. The van der Waals surface area contributed by atoms with Crippen LogP contribution in [0.25, 0.3) is 0 Å². The van der Waals surface area contributed by atoms with Crippen LogP contribution in [0.15, 0.2) is 18.2 Å². The Morgan fingerprint density at radius 3 is 2.94 bits per heavy atom. The molecule has 1 aromatic rings. The van der Waals surface area contributed by atoms with E-state index in [-0.39, 0.29) is 17.8 Å². The molecule has 0 radical (unpaired) electrons. The maximum Gasteiger partial charge on any atom is 0.251 e. The van der Waals surface area contributed by atoms with Crippen molar-refractivity contribution in [1.82, 2.24) is 10.6 Å². The number of carbonyl (C=O) groups excluding carboxylic acids is 1. The quantitative estimate of drug-likeness (QED) is 0.841. The van der Waals surface area contributed by atoms with Crippen LogP contribution in [0.2, 0.25) is 0 Å². The molecule has 0 saturated carbocycles. The summed E-state index contributed by atoms with van der Waals surface area (Å²) in [6, 6.07) is 4.46. The number of hydrogen-bond donors (Lipinski definition) is 2. The Kier molecular flexibility index (Phi) is 3.97. The van der Waals surface area contributed by atoms with Gasteiger partial charge in [0.05, 0.1) is 0 Å². The molecule has 2 atom stereocenters. The van der Waals surface area contributed by atoms with E-state index in [1.807, 2.05) is 0 Å². The predicted octanol–water partition coefficient (Wildman–Crippen LogP) is 1.86. The number of rotatable bonds is 2. The van der Waals surface area contributed by atoms with Crippen molar-refractivity contribution in [2.45, 2.75) is 26.3 Å². The van der Waals surface area contributed by atoms with Gasteiger partial charge >= 0.3 is 0 Å². The summed E-state index contributed by atoms with van der Waals surface area (Å²) < 4.78 is 13.0. The van der Waals surface area contributed by atoms with Crippen LogP contribution in [0.3, 0.4) is 0 Å². The van der Waals surface area contributed by atoms with Crippen molar-refractivity contribution in [3.8, 4) is 0 Å². The Morgan fingerprint density at radius 1 is 1.50 bits per heavy atom. The molecule has 98 valence electrons. The molecule has 3 nitrogen and oxygen atoms in total. The summed E-state index contributed by atoms with van der Waals surface area (Å²) in [4.78, 5) is 12.1. The molecule has 2 unspecified atom stereocenters. The highest BCUT2D eigenvalue weighted by molar-refractivity contribution is 5.95. The lowest BCUT2D eigenvalue weighted by molar-refractivity contribution is 0.0913. The van der Waals surface area contributed by atoms with Crippen LogP contribution in [0.5, 0.6) is 0 Å². The molecule has 4 heteroatoms. The number of nitrogens with one attached hydrogen (secondary N) is 2. The van der Waals surface area contributed by atoms with Crippen molar-refractivity contribution >= 4 is 5.91 Å². The molecule has 0 aliphatic carbocycles. The largest absolute Gasteiger partial charge is 0.349 e. The van der Waals surface area contributed by atoms with Crippen LogP contribution in [0, 0.1) is 18.7 Å². The lowest BCUT2D eigenvalue weighted by Crippen LogP contribution is -2.48. The van der Waals surface area contributed by atoms with E-state index in [2.05, 4.69) is 17.6 Å². The summed E-state index contributed by atoms with van der Waals surface area (Å²) >= 11 is 0. The zero-order valence-electron chi connectivity index (χ0n) is 10.8. The number of carbonyl (C=O) groups is 1. The first-order valence-corrected chi connectivity index (χ1v) is 6.35. The van der Waals surface area contributed by atoms with Gasteiger partial charge in [-0.05, 0) is 56.1 Å². The Balaban J connectivity index is 2.07. The average molecular weight is 250 g/mol. The van der Waals surface area contributed by atoms with E-state index < -0.39 is 0 Å². The minimum Gasteiger partial charge on any atom is -0.349 e. The first-order chi connectivity index (χ1) is 8.58. The van der Waals surface area contributed by atoms with Crippen LogP contribution < -0.4 is 10.6 Å². The molecule has 2 N–H and O–H groups in total. The van der Waals surface area contributed by atoms with Crippen LogP contribution in [0.4, 0.5) is 4.39 Å². The first kappa shape index (κ1) is 13.0. The molecule has 2 rings (SSSR count). The van der Waals surface area contributed by atoms with Gasteiger partial charge in [-0.1, -0.05) is 6.92 Å². The molecule has 1 aliphatic rings. The smallest absolute Gasteiger partial charge is 0.251 e. The third kappa shape index (κ3) is 2.88. The summed E-state index contributed by atoms with van der Waals surface area (Å²) in [6.07, 6.45) is 0.938. The van der Waals surface area contributed by atoms with E-state index in [9.17, 15) is 9.18 Å². The third-order valence-electron chi connectivity index (χ3n) is 3.53. The van der Waals surface area contributed by atoms with E-state index in [4.69, 9.17) is 0 Å². The molecular weight excluding hydrogens is 231 g/mol. The van der Waals surface area contributed by atoms with Gasteiger partial charge in [0.1, 0.15) is 5.82 Å². The molecule has 0 spiro atoms. The molecule has 1 saturated heterocycles. The second kappa shape index (κ2) is 5.48. The highest BCUT2D eigenvalue weighted by Gasteiger charge is 2.23. The maximum atomic E-state index is 13.0. The van der Waals surface area contributed by atoms with Crippen molar-refractivity contribution in [1.29, 1.82) is 0 Å². The van der Waals surface area contributed by atoms with Gasteiger partial charge in [0, 0.05) is 11.6 Å². The zero-order valence-corrected chi connectivity index (χ0v) is 10.8. The van der Waals surface area contributed by atoms with Crippen LogP contribution in [-0.2, 0) is 0 Å². The van der Waals surface area contributed by atoms with Crippen molar-refractivity contribution in [3.63, 3.8) is 0 Å². The second-order valence-electron chi connectivity index (χ2n) is 5.01. The Labute approximate surface area is 107 Å². The van der Waals surface area contributed by atoms with Crippen LogP contribution in [-0.4, -0.2) is 25.0 Å². The molecule has 1 aromatic carbocycles. The van der Waals surface area contributed by atoms with Gasteiger partial charge in [0.2, 0.25) is 0 Å². The fourth-order valence-electron chi connectivity index (χ4n) is 2.36. The van der Waals surface area contributed by atoms with E-state index >= 15 is 0 Å². The highest BCUT2D eigenvalue weighted by atomic mass is 19.1. The van der Waals surface area contributed by atoms with Gasteiger partial charge in [-0.15, -0.1) is 0 Å².